The number of carboxylic acid groups (broad SMARTS) is 1. The summed E-state index contributed by atoms with van der Waals surface area (Å²) in [7, 11) is 0. The van der Waals surface area contributed by atoms with E-state index in [4.69, 9.17) is 14.6 Å². The molecule has 0 saturated heterocycles. The Kier molecular flexibility index (Phi) is 8.02. The molecular weight excluding hydrogens is 460 g/mol. The van der Waals surface area contributed by atoms with Crippen LogP contribution in [0.2, 0.25) is 0 Å². The Morgan fingerprint density at radius 1 is 1.08 bits per heavy atom. The fourth-order valence-electron chi connectivity index (χ4n) is 5.46. The molecule has 0 amide bonds. The molecular formula is C30H33F2NO3. The largest absolute Gasteiger partial charge is 0.483 e. The van der Waals surface area contributed by atoms with Crippen molar-refractivity contribution in [2.75, 3.05) is 0 Å². The molecule has 0 spiro atoms. The summed E-state index contributed by atoms with van der Waals surface area (Å²) in [6.07, 6.45) is 8.83. The molecule has 6 heteroatoms. The average molecular weight is 494 g/mol. The number of pyridine rings is 1. The van der Waals surface area contributed by atoms with Gasteiger partial charge < -0.3 is 9.84 Å². The molecule has 0 radical (unpaired) electrons. The maximum atomic E-state index is 14.9. The minimum atomic E-state index is -0.592. The normalized spacial score (nSPS) is 17.0. The number of aryl methyl sites for hydroxylation is 3. The van der Waals surface area contributed by atoms with E-state index in [9.17, 15) is 8.78 Å². The SMILES string of the molecule is CCCCCc1cc(C)c(-c2cc(COc3cc4c(cn3)C3CC3C4)c(F)cc2F)c(C)c1.O=CO. The van der Waals surface area contributed by atoms with Gasteiger partial charge in [-0.25, -0.2) is 13.8 Å². The molecule has 36 heavy (non-hydrogen) atoms. The van der Waals surface area contributed by atoms with Gasteiger partial charge in [-0.15, -0.1) is 0 Å². The summed E-state index contributed by atoms with van der Waals surface area (Å²) in [5, 5.41) is 6.89. The Morgan fingerprint density at radius 2 is 1.81 bits per heavy atom. The highest BCUT2D eigenvalue weighted by Gasteiger charge is 2.45. The first kappa shape index (κ1) is 25.8. The maximum Gasteiger partial charge on any atom is 0.290 e. The third kappa shape index (κ3) is 5.58. The van der Waals surface area contributed by atoms with Crippen LogP contribution in [0.25, 0.3) is 11.1 Å². The number of rotatable bonds is 8. The summed E-state index contributed by atoms with van der Waals surface area (Å²) in [6, 6.07) is 8.83. The van der Waals surface area contributed by atoms with Crippen LogP contribution in [0.5, 0.6) is 5.88 Å². The summed E-state index contributed by atoms with van der Waals surface area (Å²) in [5.74, 6) is 0.826. The minimum Gasteiger partial charge on any atom is -0.483 e. The predicted octanol–water partition coefficient (Wildman–Crippen LogP) is 7.32. The van der Waals surface area contributed by atoms with Gasteiger partial charge in [0.25, 0.3) is 6.47 Å². The van der Waals surface area contributed by atoms with Gasteiger partial charge in [-0.2, -0.15) is 0 Å². The molecule has 1 aromatic heterocycles. The molecule has 1 N–H and O–H groups in total. The topological polar surface area (TPSA) is 59.4 Å². The molecule has 0 aliphatic heterocycles. The van der Waals surface area contributed by atoms with Gasteiger partial charge in [-0.1, -0.05) is 31.9 Å². The van der Waals surface area contributed by atoms with Crippen LogP contribution in [0, 0.1) is 31.4 Å². The van der Waals surface area contributed by atoms with Crippen molar-refractivity contribution in [2.24, 2.45) is 5.92 Å². The van der Waals surface area contributed by atoms with E-state index < -0.39 is 11.6 Å². The van der Waals surface area contributed by atoms with Crippen molar-refractivity contribution in [3.8, 4) is 17.0 Å². The average Bonchev–Trinajstić information content (AvgIpc) is 3.50. The van der Waals surface area contributed by atoms with Crippen molar-refractivity contribution >= 4 is 6.47 Å². The third-order valence-electron chi connectivity index (χ3n) is 7.25. The Labute approximate surface area is 211 Å². The van der Waals surface area contributed by atoms with Crippen LogP contribution in [-0.2, 0) is 24.2 Å². The number of fused-ring (bicyclic) bond motifs is 3. The smallest absolute Gasteiger partial charge is 0.290 e. The van der Waals surface area contributed by atoms with Gasteiger partial charge in [-0.05, 0) is 90.8 Å². The molecule has 1 saturated carbocycles. The van der Waals surface area contributed by atoms with Gasteiger partial charge in [0.1, 0.15) is 18.2 Å². The van der Waals surface area contributed by atoms with E-state index in [1.54, 1.807) is 6.07 Å². The second kappa shape index (κ2) is 11.2. The zero-order valence-electron chi connectivity index (χ0n) is 21.1. The van der Waals surface area contributed by atoms with Gasteiger partial charge in [-0.3, -0.25) is 4.79 Å². The molecule has 2 aromatic carbocycles. The van der Waals surface area contributed by atoms with E-state index in [2.05, 4.69) is 24.0 Å². The zero-order valence-corrected chi connectivity index (χ0v) is 21.1. The lowest BCUT2D eigenvalue weighted by atomic mass is 9.91. The van der Waals surface area contributed by atoms with E-state index >= 15 is 0 Å². The Balaban J connectivity index is 0.000000967. The van der Waals surface area contributed by atoms with Crippen molar-refractivity contribution in [1.82, 2.24) is 4.98 Å². The third-order valence-corrected chi connectivity index (χ3v) is 7.25. The number of hydrogen-bond acceptors (Lipinski definition) is 3. The van der Waals surface area contributed by atoms with Crippen molar-refractivity contribution < 1.29 is 23.4 Å². The Morgan fingerprint density at radius 3 is 2.50 bits per heavy atom. The van der Waals surface area contributed by atoms with Crippen LogP contribution in [0.1, 0.15) is 71.9 Å². The molecule has 2 atom stereocenters. The van der Waals surface area contributed by atoms with Crippen LogP contribution in [0.3, 0.4) is 0 Å². The lowest BCUT2D eigenvalue weighted by Crippen LogP contribution is -2.04. The summed E-state index contributed by atoms with van der Waals surface area (Å²) in [6.45, 7) is 5.97. The van der Waals surface area contributed by atoms with Gasteiger partial charge in [0.15, 0.2) is 0 Å². The highest BCUT2D eigenvalue weighted by atomic mass is 19.1. The second-order valence-electron chi connectivity index (χ2n) is 9.91. The van der Waals surface area contributed by atoms with Crippen LogP contribution in [0.15, 0.2) is 36.5 Å². The molecule has 0 bridgehead atoms. The van der Waals surface area contributed by atoms with Crippen LogP contribution in [0.4, 0.5) is 8.78 Å². The van der Waals surface area contributed by atoms with E-state index in [1.807, 2.05) is 26.1 Å². The fourth-order valence-corrected chi connectivity index (χ4v) is 5.46. The number of unbranched alkanes of at least 4 members (excludes halogenated alkanes) is 2. The van der Waals surface area contributed by atoms with Crippen molar-refractivity contribution in [2.45, 2.75) is 71.8 Å². The van der Waals surface area contributed by atoms with Gasteiger partial charge in [0.05, 0.1) is 0 Å². The first-order chi connectivity index (χ1) is 17.4. The molecule has 5 rings (SSSR count). The quantitative estimate of drug-likeness (QED) is 0.264. The van der Waals surface area contributed by atoms with E-state index in [-0.39, 0.29) is 13.1 Å². The van der Waals surface area contributed by atoms with E-state index in [0.717, 1.165) is 47.9 Å². The molecule has 3 aromatic rings. The summed E-state index contributed by atoms with van der Waals surface area (Å²) in [5.41, 5.74) is 7.53. The molecule has 1 fully saturated rings. The van der Waals surface area contributed by atoms with E-state index in [0.29, 0.717) is 22.9 Å². The standard InChI is InChI=1S/C29H31F2NO.CH2O2/c1-4-5-6-7-19-8-17(2)29(18(3)9-19)24-12-22(26(30)14-27(24)31)16-33-28-13-21-10-20-11-23(20)25(21)15-32-28;2-1-3/h8-9,12-15,20,23H,4-7,10-11,16H2,1-3H3;1H,(H,2,3). The highest BCUT2D eigenvalue weighted by molar-refractivity contribution is 5.72. The maximum absolute atomic E-state index is 14.9. The monoisotopic (exact) mass is 493 g/mol. The van der Waals surface area contributed by atoms with Gasteiger partial charge >= 0.3 is 0 Å². The Hall–Kier alpha value is -3.28. The number of carbonyl (C=O) groups is 1. The number of aromatic nitrogens is 1. The van der Waals surface area contributed by atoms with Gasteiger partial charge in [0, 0.05) is 29.5 Å². The van der Waals surface area contributed by atoms with Crippen molar-refractivity contribution in [3.63, 3.8) is 0 Å². The summed E-state index contributed by atoms with van der Waals surface area (Å²) >= 11 is 0. The van der Waals surface area contributed by atoms with Crippen LogP contribution >= 0.6 is 0 Å². The second-order valence-corrected chi connectivity index (χ2v) is 9.91. The molecule has 2 unspecified atom stereocenters. The number of hydrogen-bond donors (Lipinski definition) is 1. The van der Waals surface area contributed by atoms with Crippen LogP contribution < -0.4 is 4.74 Å². The molecule has 4 nitrogen and oxygen atoms in total. The minimum absolute atomic E-state index is 0.0188. The van der Waals surface area contributed by atoms with Gasteiger partial charge in [0.2, 0.25) is 5.88 Å². The number of nitrogens with zero attached hydrogens (tertiary/aromatic N) is 1. The first-order valence-electron chi connectivity index (χ1n) is 12.6. The van der Waals surface area contributed by atoms with Crippen LogP contribution in [-0.4, -0.2) is 16.6 Å². The summed E-state index contributed by atoms with van der Waals surface area (Å²) < 4.78 is 35.3. The number of benzene rings is 2. The number of ether oxygens (including phenoxy) is 1. The first-order valence-corrected chi connectivity index (χ1v) is 12.6. The van der Waals surface area contributed by atoms with Crippen molar-refractivity contribution in [1.29, 1.82) is 0 Å². The highest BCUT2D eigenvalue weighted by Crippen LogP contribution is 2.56. The van der Waals surface area contributed by atoms with Crippen molar-refractivity contribution in [3.05, 3.63) is 81.5 Å². The van der Waals surface area contributed by atoms with E-state index in [1.165, 1.54) is 36.0 Å². The number of halogens is 2. The predicted molar refractivity (Wildman–Crippen MR) is 136 cm³/mol. The zero-order chi connectivity index (χ0) is 25.8. The Bertz CT molecular complexity index is 1230. The summed E-state index contributed by atoms with van der Waals surface area (Å²) in [4.78, 5) is 12.8. The molecule has 190 valence electrons. The molecule has 2 aliphatic rings. The fraction of sp³-hybridized carbons (Fsp3) is 0.400. The lowest BCUT2D eigenvalue weighted by molar-refractivity contribution is -0.122. The molecule has 2 aliphatic carbocycles. The molecule has 1 heterocycles. The lowest BCUT2D eigenvalue weighted by Gasteiger charge is -2.16.